The maximum absolute atomic E-state index is 11.3. The van der Waals surface area contributed by atoms with Gasteiger partial charge in [0.05, 0.1) is 0 Å². The molecule has 0 heterocycles. The van der Waals surface area contributed by atoms with Crippen LogP contribution in [0, 0.1) is 0 Å². The molecule has 2 nitrogen and oxygen atoms in total. The fraction of sp³-hybridized carbons (Fsp3) is 0.562. The first-order chi connectivity index (χ1) is 8.83. The third-order valence-corrected chi connectivity index (χ3v) is 3.03. The highest BCUT2D eigenvalue weighted by molar-refractivity contribution is 5.75. The van der Waals surface area contributed by atoms with Gasteiger partial charge in [0.25, 0.3) is 0 Å². The fourth-order valence-electron chi connectivity index (χ4n) is 1.97. The van der Waals surface area contributed by atoms with Crippen molar-refractivity contribution in [2.75, 3.05) is 6.54 Å². The van der Waals surface area contributed by atoms with Gasteiger partial charge < -0.3 is 5.32 Å². The molecule has 1 amide bonds. The van der Waals surface area contributed by atoms with Crippen molar-refractivity contribution in [1.82, 2.24) is 5.32 Å². The van der Waals surface area contributed by atoms with E-state index in [4.69, 9.17) is 0 Å². The van der Waals surface area contributed by atoms with E-state index in [-0.39, 0.29) is 5.91 Å². The maximum Gasteiger partial charge on any atom is 0.219 e. The number of rotatable bonds is 9. The molecule has 0 bridgehead atoms. The summed E-state index contributed by atoms with van der Waals surface area (Å²) in [7, 11) is 0. The number of carbonyl (C=O) groups is 1. The second-order valence-corrected chi connectivity index (χ2v) is 4.75. The summed E-state index contributed by atoms with van der Waals surface area (Å²) < 4.78 is 0. The van der Waals surface area contributed by atoms with Crippen molar-refractivity contribution in [2.24, 2.45) is 0 Å². The predicted octanol–water partition coefficient (Wildman–Crippen LogP) is 3.71. The average molecular weight is 247 g/mol. The summed E-state index contributed by atoms with van der Waals surface area (Å²) in [4.78, 5) is 11.3. The van der Waals surface area contributed by atoms with Crippen LogP contribution in [-0.2, 0) is 11.2 Å². The lowest BCUT2D eigenvalue weighted by Crippen LogP contribution is -2.23. The number of nitrogens with one attached hydrogen (secondary N) is 1. The van der Waals surface area contributed by atoms with Gasteiger partial charge in [-0.2, -0.15) is 0 Å². The van der Waals surface area contributed by atoms with Crippen molar-refractivity contribution in [3.63, 3.8) is 0 Å². The fourth-order valence-corrected chi connectivity index (χ4v) is 1.97. The zero-order valence-corrected chi connectivity index (χ0v) is 11.5. The first kappa shape index (κ1) is 14.7. The van der Waals surface area contributed by atoms with Gasteiger partial charge >= 0.3 is 0 Å². The molecule has 0 atom stereocenters. The normalized spacial score (nSPS) is 10.3. The lowest BCUT2D eigenvalue weighted by atomic mass is 10.1. The van der Waals surface area contributed by atoms with Gasteiger partial charge in [-0.05, 0) is 31.2 Å². The SMILES string of the molecule is CCCNC(=O)CCCCCCc1ccccc1. The van der Waals surface area contributed by atoms with Gasteiger partial charge in [-0.25, -0.2) is 0 Å². The van der Waals surface area contributed by atoms with Gasteiger partial charge in [-0.15, -0.1) is 0 Å². The number of carbonyl (C=O) groups excluding carboxylic acids is 1. The number of hydrogen-bond acceptors (Lipinski definition) is 1. The molecule has 0 aliphatic heterocycles. The molecule has 2 heteroatoms. The van der Waals surface area contributed by atoms with Crippen LogP contribution in [0.3, 0.4) is 0 Å². The van der Waals surface area contributed by atoms with Gasteiger partial charge in [0.15, 0.2) is 0 Å². The Morgan fingerprint density at radius 1 is 1.06 bits per heavy atom. The molecule has 100 valence electrons. The van der Waals surface area contributed by atoms with E-state index in [9.17, 15) is 4.79 Å². The molecule has 18 heavy (non-hydrogen) atoms. The van der Waals surface area contributed by atoms with Crippen LogP contribution < -0.4 is 5.32 Å². The zero-order valence-electron chi connectivity index (χ0n) is 11.5. The predicted molar refractivity (Wildman–Crippen MR) is 76.5 cm³/mol. The van der Waals surface area contributed by atoms with E-state index >= 15 is 0 Å². The smallest absolute Gasteiger partial charge is 0.219 e. The minimum atomic E-state index is 0.208. The van der Waals surface area contributed by atoms with Crippen LogP contribution in [0.15, 0.2) is 30.3 Å². The molecule has 0 aliphatic carbocycles. The second-order valence-electron chi connectivity index (χ2n) is 4.75. The summed E-state index contributed by atoms with van der Waals surface area (Å²) in [5.74, 6) is 0.208. The van der Waals surface area contributed by atoms with Crippen molar-refractivity contribution in [1.29, 1.82) is 0 Å². The van der Waals surface area contributed by atoms with Gasteiger partial charge in [0.2, 0.25) is 5.91 Å². The summed E-state index contributed by atoms with van der Waals surface area (Å²) in [6, 6.07) is 10.6. The molecule has 1 rings (SSSR count). The first-order valence-corrected chi connectivity index (χ1v) is 7.13. The summed E-state index contributed by atoms with van der Waals surface area (Å²) in [6.45, 7) is 2.89. The molecule has 0 saturated carbocycles. The Balaban J connectivity index is 1.94. The van der Waals surface area contributed by atoms with Crippen molar-refractivity contribution in [3.05, 3.63) is 35.9 Å². The first-order valence-electron chi connectivity index (χ1n) is 7.13. The molecule has 1 aromatic rings. The Morgan fingerprint density at radius 2 is 1.78 bits per heavy atom. The molecule has 1 aromatic carbocycles. The Kier molecular flexibility index (Phi) is 7.94. The summed E-state index contributed by atoms with van der Waals surface area (Å²) in [5, 5.41) is 2.91. The van der Waals surface area contributed by atoms with Gasteiger partial charge in [0.1, 0.15) is 0 Å². The van der Waals surface area contributed by atoms with Gasteiger partial charge in [0, 0.05) is 13.0 Å². The molecule has 0 aromatic heterocycles. The minimum Gasteiger partial charge on any atom is -0.356 e. The Hall–Kier alpha value is -1.31. The second kappa shape index (κ2) is 9.69. The highest BCUT2D eigenvalue weighted by atomic mass is 16.1. The van der Waals surface area contributed by atoms with E-state index in [2.05, 4.69) is 42.6 Å². The van der Waals surface area contributed by atoms with E-state index < -0.39 is 0 Å². The molecule has 1 N–H and O–H groups in total. The number of amides is 1. The molecular formula is C16H25NO. The molecule has 0 aliphatic rings. The summed E-state index contributed by atoms with van der Waals surface area (Å²) in [5.41, 5.74) is 1.41. The van der Waals surface area contributed by atoms with Crippen molar-refractivity contribution in [3.8, 4) is 0 Å². The molecule has 0 fully saturated rings. The van der Waals surface area contributed by atoms with E-state index in [1.807, 2.05) is 0 Å². The van der Waals surface area contributed by atoms with Crippen LogP contribution in [0.25, 0.3) is 0 Å². The maximum atomic E-state index is 11.3. The van der Waals surface area contributed by atoms with E-state index in [1.165, 1.54) is 18.4 Å². The number of benzene rings is 1. The van der Waals surface area contributed by atoms with Crippen molar-refractivity contribution in [2.45, 2.75) is 51.9 Å². The van der Waals surface area contributed by atoms with Crippen LogP contribution in [0.4, 0.5) is 0 Å². The van der Waals surface area contributed by atoms with Crippen molar-refractivity contribution < 1.29 is 4.79 Å². The Bertz CT molecular complexity index is 321. The van der Waals surface area contributed by atoms with Crippen molar-refractivity contribution >= 4 is 5.91 Å². The highest BCUT2D eigenvalue weighted by Gasteiger charge is 1.99. The van der Waals surface area contributed by atoms with Crippen LogP contribution in [0.5, 0.6) is 0 Å². The number of aryl methyl sites for hydroxylation is 1. The molecule has 0 unspecified atom stereocenters. The Labute approximate surface area is 111 Å². The molecule has 0 saturated heterocycles. The van der Waals surface area contributed by atoms with Crippen LogP contribution >= 0.6 is 0 Å². The van der Waals surface area contributed by atoms with E-state index in [0.717, 1.165) is 32.2 Å². The zero-order chi connectivity index (χ0) is 13.1. The standard InChI is InChI=1S/C16H25NO/c1-2-14-17-16(18)13-9-4-3-6-10-15-11-7-5-8-12-15/h5,7-8,11-12H,2-4,6,9-10,13-14H2,1H3,(H,17,18). The molecular weight excluding hydrogens is 222 g/mol. The van der Waals surface area contributed by atoms with E-state index in [0.29, 0.717) is 6.42 Å². The lowest BCUT2D eigenvalue weighted by Gasteiger charge is -2.04. The highest BCUT2D eigenvalue weighted by Crippen LogP contribution is 2.08. The average Bonchev–Trinajstić information content (AvgIpc) is 2.41. The van der Waals surface area contributed by atoms with Gasteiger partial charge in [-0.1, -0.05) is 50.1 Å². The summed E-state index contributed by atoms with van der Waals surface area (Å²) >= 11 is 0. The topological polar surface area (TPSA) is 29.1 Å². The third kappa shape index (κ3) is 7.10. The largest absolute Gasteiger partial charge is 0.356 e. The van der Waals surface area contributed by atoms with E-state index in [1.54, 1.807) is 0 Å². The number of hydrogen-bond donors (Lipinski definition) is 1. The lowest BCUT2D eigenvalue weighted by molar-refractivity contribution is -0.121. The molecule has 0 radical (unpaired) electrons. The monoisotopic (exact) mass is 247 g/mol. The van der Waals surface area contributed by atoms with Crippen LogP contribution in [-0.4, -0.2) is 12.5 Å². The third-order valence-electron chi connectivity index (χ3n) is 3.03. The molecule has 0 spiro atoms. The van der Waals surface area contributed by atoms with Gasteiger partial charge in [-0.3, -0.25) is 4.79 Å². The Morgan fingerprint density at radius 3 is 2.50 bits per heavy atom. The minimum absolute atomic E-state index is 0.208. The quantitative estimate of drug-likeness (QED) is 0.662. The van der Waals surface area contributed by atoms with Crippen LogP contribution in [0.1, 0.15) is 51.0 Å². The van der Waals surface area contributed by atoms with Crippen LogP contribution in [0.2, 0.25) is 0 Å². The number of unbranched alkanes of at least 4 members (excludes halogenated alkanes) is 3. The summed E-state index contributed by atoms with van der Waals surface area (Å²) in [6.07, 6.45) is 7.48.